The zero-order valence-corrected chi connectivity index (χ0v) is 6.81. The summed E-state index contributed by atoms with van der Waals surface area (Å²) in [6.07, 6.45) is -1.15. The Hall–Kier alpha value is -0.550. The van der Waals surface area contributed by atoms with Crippen molar-refractivity contribution >= 4 is 21.9 Å². The number of ether oxygens (including phenoxy) is 1. The highest BCUT2D eigenvalue weighted by atomic mass is 79.9. The van der Waals surface area contributed by atoms with Gasteiger partial charge < -0.3 is 15.2 Å². The standard InChI is InChI=1S/C5H6BrNO3/c1-7-3-2(6)4(8)10-5(3)9/h5,7,9H,1H3. The van der Waals surface area contributed by atoms with Gasteiger partial charge in [0.2, 0.25) is 6.29 Å². The van der Waals surface area contributed by atoms with E-state index in [9.17, 15) is 4.79 Å². The number of carbonyl (C=O) groups is 1. The van der Waals surface area contributed by atoms with Crippen molar-refractivity contribution in [3.63, 3.8) is 0 Å². The van der Waals surface area contributed by atoms with Gasteiger partial charge in [0.05, 0.1) is 0 Å². The van der Waals surface area contributed by atoms with E-state index in [1.54, 1.807) is 7.05 Å². The molecule has 56 valence electrons. The molecule has 5 heteroatoms. The monoisotopic (exact) mass is 207 g/mol. The molecule has 1 aliphatic rings. The summed E-state index contributed by atoms with van der Waals surface area (Å²) in [6, 6.07) is 0. The van der Waals surface area contributed by atoms with Gasteiger partial charge in [-0.2, -0.15) is 0 Å². The molecule has 4 nitrogen and oxygen atoms in total. The lowest BCUT2D eigenvalue weighted by Crippen LogP contribution is -2.18. The normalized spacial score (nSPS) is 25.1. The van der Waals surface area contributed by atoms with E-state index >= 15 is 0 Å². The van der Waals surface area contributed by atoms with Crippen molar-refractivity contribution in [2.24, 2.45) is 0 Å². The number of esters is 1. The summed E-state index contributed by atoms with van der Waals surface area (Å²) in [5.74, 6) is -0.545. The summed E-state index contributed by atoms with van der Waals surface area (Å²) in [5, 5.41) is 11.6. The molecule has 0 spiro atoms. The molecule has 0 bridgehead atoms. The van der Waals surface area contributed by atoms with E-state index in [0.717, 1.165) is 0 Å². The van der Waals surface area contributed by atoms with Gasteiger partial charge >= 0.3 is 5.97 Å². The number of cyclic esters (lactones) is 1. The van der Waals surface area contributed by atoms with Crippen LogP contribution in [0.4, 0.5) is 0 Å². The molecule has 0 saturated heterocycles. The molecule has 0 aromatic rings. The van der Waals surface area contributed by atoms with Crippen molar-refractivity contribution < 1.29 is 14.6 Å². The number of halogens is 1. The second-order valence-corrected chi connectivity index (χ2v) is 2.53. The number of likely N-dealkylation sites (N-methyl/N-ethyl adjacent to an activating group) is 1. The van der Waals surface area contributed by atoms with Gasteiger partial charge in [0.15, 0.2) is 0 Å². The maximum atomic E-state index is 10.6. The summed E-state index contributed by atoms with van der Waals surface area (Å²) >= 11 is 2.95. The van der Waals surface area contributed by atoms with Crippen LogP contribution in [-0.2, 0) is 9.53 Å². The molecule has 0 aliphatic carbocycles. The lowest BCUT2D eigenvalue weighted by molar-refractivity contribution is -0.151. The highest BCUT2D eigenvalue weighted by Gasteiger charge is 2.30. The summed E-state index contributed by atoms with van der Waals surface area (Å²) < 4.78 is 4.66. The zero-order chi connectivity index (χ0) is 7.72. The minimum atomic E-state index is -1.15. The van der Waals surface area contributed by atoms with Crippen LogP contribution in [0.5, 0.6) is 0 Å². The first-order valence-corrected chi connectivity index (χ1v) is 3.42. The fourth-order valence-corrected chi connectivity index (χ4v) is 1.15. The SMILES string of the molecule is CNC1=C(Br)C(=O)OC1O. The van der Waals surface area contributed by atoms with Crippen LogP contribution in [0.2, 0.25) is 0 Å². The molecule has 1 rings (SSSR count). The van der Waals surface area contributed by atoms with Crippen LogP contribution in [-0.4, -0.2) is 24.4 Å². The first-order chi connectivity index (χ1) is 4.66. The van der Waals surface area contributed by atoms with E-state index in [2.05, 4.69) is 26.0 Å². The van der Waals surface area contributed by atoms with Crippen molar-refractivity contribution in [2.75, 3.05) is 7.05 Å². The molecule has 1 unspecified atom stereocenters. The number of hydrogen-bond acceptors (Lipinski definition) is 4. The molecule has 0 fully saturated rings. The zero-order valence-electron chi connectivity index (χ0n) is 5.22. The Bertz CT molecular complexity index is 201. The van der Waals surface area contributed by atoms with E-state index in [4.69, 9.17) is 5.11 Å². The molecule has 0 aromatic heterocycles. The van der Waals surface area contributed by atoms with E-state index in [-0.39, 0.29) is 4.48 Å². The third kappa shape index (κ3) is 1.02. The number of nitrogens with one attached hydrogen (secondary N) is 1. The van der Waals surface area contributed by atoms with Crippen molar-refractivity contribution in [1.82, 2.24) is 5.32 Å². The van der Waals surface area contributed by atoms with Crippen LogP contribution in [0.15, 0.2) is 10.2 Å². The maximum Gasteiger partial charge on any atom is 0.349 e. The van der Waals surface area contributed by atoms with Gasteiger partial charge in [-0.25, -0.2) is 4.79 Å². The number of carbonyl (C=O) groups excluding carboxylic acids is 1. The Kier molecular flexibility index (Phi) is 1.96. The molecule has 0 radical (unpaired) electrons. The molecule has 1 atom stereocenters. The smallest absolute Gasteiger partial charge is 0.349 e. The molecular weight excluding hydrogens is 202 g/mol. The van der Waals surface area contributed by atoms with Gasteiger partial charge in [0.25, 0.3) is 0 Å². The average molecular weight is 208 g/mol. The minimum Gasteiger partial charge on any atom is -0.426 e. The quantitative estimate of drug-likeness (QED) is 0.580. The van der Waals surface area contributed by atoms with E-state index in [1.807, 2.05) is 0 Å². The highest BCUT2D eigenvalue weighted by Crippen LogP contribution is 2.22. The van der Waals surface area contributed by atoms with Gasteiger partial charge in [-0.05, 0) is 15.9 Å². The van der Waals surface area contributed by atoms with Crippen molar-refractivity contribution in [2.45, 2.75) is 6.29 Å². The first kappa shape index (κ1) is 7.56. The second-order valence-electron chi connectivity index (χ2n) is 1.74. The van der Waals surface area contributed by atoms with Crippen LogP contribution in [0.3, 0.4) is 0 Å². The number of aliphatic hydroxyl groups is 1. The number of aliphatic hydroxyl groups excluding tert-OH is 1. The Morgan fingerprint density at radius 3 is 2.60 bits per heavy atom. The van der Waals surface area contributed by atoms with Gasteiger partial charge in [0.1, 0.15) is 10.2 Å². The molecule has 10 heavy (non-hydrogen) atoms. The number of rotatable bonds is 1. The highest BCUT2D eigenvalue weighted by molar-refractivity contribution is 9.12. The van der Waals surface area contributed by atoms with Crippen LogP contribution in [0, 0.1) is 0 Å². The average Bonchev–Trinajstić information content (AvgIpc) is 2.09. The lowest BCUT2D eigenvalue weighted by Gasteiger charge is -2.04. The molecule has 0 saturated carbocycles. The third-order valence-corrected chi connectivity index (χ3v) is 1.90. The third-order valence-electron chi connectivity index (χ3n) is 1.15. The van der Waals surface area contributed by atoms with Crippen LogP contribution in [0.1, 0.15) is 0 Å². The molecule has 0 amide bonds. The first-order valence-electron chi connectivity index (χ1n) is 2.63. The summed E-state index contributed by atoms with van der Waals surface area (Å²) in [7, 11) is 1.60. The number of hydrogen-bond donors (Lipinski definition) is 2. The molecular formula is C5H6BrNO3. The van der Waals surface area contributed by atoms with Crippen molar-refractivity contribution in [3.05, 3.63) is 10.2 Å². The van der Waals surface area contributed by atoms with Crippen LogP contribution < -0.4 is 5.32 Å². The maximum absolute atomic E-state index is 10.6. The molecule has 2 N–H and O–H groups in total. The Morgan fingerprint density at radius 2 is 2.40 bits per heavy atom. The van der Waals surface area contributed by atoms with Crippen LogP contribution in [0.25, 0.3) is 0 Å². The molecule has 0 aromatic carbocycles. The Morgan fingerprint density at radius 1 is 1.80 bits per heavy atom. The van der Waals surface area contributed by atoms with Gasteiger partial charge in [-0.15, -0.1) is 0 Å². The molecule has 1 heterocycles. The predicted molar refractivity (Wildman–Crippen MR) is 37.1 cm³/mol. The predicted octanol–water partition coefficient (Wildman–Crippen LogP) is -0.312. The van der Waals surface area contributed by atoms with E-state index < -0.39 is 12.3 Å². The van der Waals surface area contributed by atoms with Gasteiger partial charge in [-0.3, -0.25) is 0 Å². The topological polar surface area (TPSA) is 58.6 Å². The lowest BCUT2D eigenvalue weighted by atomic mass is 10.4. The fourth-order valence-electron chi connectivity index (χ4n) is 0.664. The van der Waals surface area contributed by atoms with Crippen molar-refractivity contribution in [1.29, 1.82) is 0 Å². The minimum absolute atomic E-state index is 0.252. The second kappa shape index (κ2) is 2.59. The van der Waals surface area contributed by atoms with Gasteiger partial charge in [0, 0.05) is 7.05 Å². The summed E-state index contributed by atoms with van der Waals surface area (Å²) in [5.41, 5.74) is 0.366. The van der Waals surface area contributed by atoms with E-state index in [1.165, 1.54) is 0 Å². The van der Waals surface area contributed by atoms with Crippen molar-refractivity contribution in [3.8, 4) is 0 Å². The van der Waals surface area contributed by atoms with E-state index in [0.29, 0.717) is 5.70 Å². The molecule has 1 aliphatic heterocycles. The Balaban J connectivity index is 2.90. The Labute approximate surface area is 66.0 Å². The largest absolute Gasteiger partial charge is 0.426 e. The summed E-state index contributed by atoms with van der Waals surface area (Å²) in [6.45, 7) is 0. The summed E-state index contributed by atoms with van der Waals surface area (Å²) in [4.78, 5) is 10.6. The van der Waals surface area contributed by atoms with Crippen LogP contribution >= 0.6 is 15.9 Å². The fraction of sp³-hybridized carbons (Fsp3) is 0.400. The van der Waals surface area contributed by atoms with Gasteiger partial charge in [-0.1, -0.05) is 0 Å².